The predicted octanol–water partition coefficient (Wildman–Crippen LogP) is 13.4. The number of carbonyl (C=O) groups is 8. The number of amides is 4. The lowest BCUT2D eigenvalue weighted by Crippen LogP contribution is -2.68. The van der Waals surface area contributed by atoms with Crippen molar-refractivity contribution in [2.24, 2.45) is 56.4 Å². The molecule has 1 saturated carbocycles. The number of unbranched alkanes of at least 4 members (excludes halogenated alkanes) is 30. The number of carboxylic acid groups (broad SMARTS) is 4. The Labute approximate surface area is 470 Å². The van der Waals surface area contributed by atoms with Gasteiger partial charge in [-0.15, -0.1) is 0 Å². The van der Waals surface area contributed by atoms with Crippen molar-refractivity contribution < 1.29 is 58.8 Å². The molecule has 4 amide bonds. The topological polar surface area (TPSA) is 322 Å². The Morgan fingerprint density at radius 3 is 0.654 bits per heavy atom. The van der Waals surface area contributed by atoms with Crippen LogP contribution in [0, 0.1) is 33.5 Å². The van der Waals surface area contributed by atoms with Gasteiger partial charge in [-0.1, -0.05) is 219 Å². The van der Waals surface area contributed by atoms with Gasteiger partial charge in [-0.05, 0) is 77.0 Å². The zero-order valence-electron chi connectivity index (χ0n) is 49.0. The molecule has 0 saturated heterocycles. The summed E-state index contributed by atoms with van der Waals surface area (Å²) in [5.41, 5.74) is 13.3. The van der Waals surface area contributed by atoms with E-state index in [1.807, 2.05) is 13.8 Å². The monoisotopic (exact) mass is 1100 g/mol. The molecule has 0 radical (unpaired) electrons. The summed E-state index contributed by atoms with van der Waals surface area (Å²) in [6.45, 7) is 3.66. The largest absolute Gasteiger partial charge is 0.481 e. The van der Waals surface area contributed by atoms with Gasteiger partial charge in [0.05, 0.1) is 21.7 Å². The number of hydrogen-bond acceptors (Lipinski definition) is 8. The van der Waals surface area contributed by atoms with Crippen molar-refractivity contribution in [3.8, 4) is 0 Å². The summed E-state index contributed by atoms with van der Waals surface area (Å²) in [5.74, 6) is -8.08. The lowest BCUT2D eigenvalue weighted by molar-refractivity contribution is -0.224. The number of primary amides is 4. The maximum absolute atomic E-state index is 14.3. The smallest absolute Gasteiger partial charge is 0.310 e. The minimum Gasteiger partial charge on any atom is -0.481 e. The molecule has 0 aromatic rings. The van der Waals surface area contributed by atoms with E-state index in [0.717, 1.165) is 128 Å². The van der Waals surface area contributed by atoms with Crippen molar-refractivity contribution in [3.63, 3.8) is 0 Å². The van der Waals surface area contributed by atoms with E-state index in [2.05, 4.69) is 0 Å². The molecule has 452 valence electrons. The van der Waals surface area contributed by atoms with Crippen molar-refractivity contribution in [1.82, 2.24) is 0 Å². The van der Waals surface area contributed by atoms with E-state index in [-0.39, 0.29) is 50.3 Å². The van der Waals surface area contributed by atoms with E-state index in [1.165, 1.54) is 38.5 Å². The van der Waals surface area contributed by atoms with Gasteiger partial charge in [-0.25, -0.2) is 0 Å². The molecule has 0 aliphatic heterocycles. The molecule has 16 nitrogen and oxygen atoms in total. The number of aliphatic carboxylic acids is 4. The fourth-order valence-corrected chi connectivity index (χ4v) is 13.3. The molecule has 16 heteroatoms. The molecular formula is C62H112N4O12. The van der Waals surface area contributed by atoms with Crippen molar-refractivity contribution in [2.45, 2.75) is 309 Å². The van der Waals surface area contributed by atoms with E-state index in [9.17, 15) is 58.8 Å². The molecule has 1 fully saturated rings. The van der Waals surface area contributed by atoms with Gasteiger partial charge in [0.1, 0.15) is 0 Å². The number of hydrogen-bond donors (Lipinski definition) is 8. The second-order valence-electron chi connectivity index (χ2n) is 23.9. The third kappa shape index (κ3) is 25.1. The first-order valence-electron chi connectivity index (χ1n) is 31.3. The van der Waals surface area contributed by atoms with Crippen LogP contribution in [-0.2, 0) is 38.4 Å². The van der Waals surface area contributed by atoms with Gasteiger partial charge in [0.2, 0.25) is 23.6 Å². The Kier molecular flexibility index (Phi) is 37.6. The lowest BCUT2D eigenvalue weighted by Gasteiger charge is -2.61. The number of carbonyl (C=O) groups excluding carboxylic acids is 4. The molecule has 0 heterocycles. The normalized spacial score (nSPS) is 20.9. The van der Waals surface area contributed by atoms with Crippen LogP contribution in [0.15, 0.2) is 0 Å². The Hall–Kier alpha value is -4.24. The van der Waals surface area contributed by atoms with Gasteiger partial charge in [0.25, 0.3) is 0 Å². The van der Waals surface area contributed by atoms with Gasteiger partial charge in [0.15, 0.2) is 0 Å². The second kappa shape index (κ2) is 40.9. The van der Waals surface area contributed by atoms with Crippen molar-refractivity contribution in [3.05, 3.63) is 0 Å². The molecule has 78 heavy (non-hydrogen) atoms. The third-order valence-corrected chi connectivity index (χ3v) is 18.3. The van der Waals surface area contributed by atoms with Crippen LogP contribution in [0.3, 0.4) is 0 Å². The van der Waals surface area contributed by atoms with Crippen LogP contribution in [0.25, 0.3) is 0 Å². The van der Waals surface area contributed by atoms with Gasteiger partial charge in [0, 0.05) is 24.7 Å². The minimum atomic E-state index is -2.15. The van der Waals surface area contributed by atoms with Crippen molar-refractivity contribution in [2.75, 3.05) is 0 Å². The van der Waals surface area contributed by atoms with E-state index >= 15 is 0 Å². The molecule has 0 aromatic carbocycles. The van der Waals surface area contributed by atoms with Gasteiger partial charge in [-0.2, -0.15) is 0 Å². The number of nitrogens with two attached hydrogens (primary N) is 4. The Morgan fingerprint density at radius 2 is 0.487 bits per heavy atom. The quantitative estimate of drug-likeness (QED) is 0.0264. The molecule has 1 aliphatic carbocycles. The molecule has 1 rings (SSSR count). The molecule has 0 spiro atoms. The van der Waals surface area contributed by atoms with E-state index < -0.39 is 82.0 Å². The average Bonchev–Trinajstić information content (AvgIpc) is 3.37. The highest BCUT2D eigenvalue weighted by Crippen LogP contribution is 2.70. The highest BCUT2D eigenvalue weighted by molar-refractivity contribution is 5.93. The Balaban J connectivity index is 3.37. The first kappa shape index (κ1) is 71.8. The molecule has 6 unspecified atom stereocenters. The Morgan fingerprint density at radius 1 is 0.308 bits per heavy atom. The van der Waals surface area contributed by atoms with Crippen molar-refractivity contribution >= 4 is 47.5 Å². The molecule has 6 atom stereocenters. The average molecular weight is 1110 g/mol. The van der Waals surface area contributed by atoms with Crippen LogP contribution >= 0.6 is 0 Å². The zero-order valence-corrected chi connectivity index (χ0v) is 49.0. The summed E-state index contributed by atoms with van der Waals surface area (Å²) < 4.78 is 0. The fourth-order valence-electron chi connectivity index (χ4n) is 13.3. The first-order valence-corrected chi connectivity index (χ1v) is 31.3. The van der Waals surface area contributed by atoms with Crippen LogP contribution < -0.4 is 22.9 Å². The van der Waals surface area contributed by atoms with Crippen LogP contribution in [0.5, 0.6) is 0 Å². The molecule has 1 aliphatic rings. The Bertz CT molecular complexity index is 1640. The summed E-state index contributed by atoms with van der Waals surface area (Å²) in [5, 5.41) is 46.5. The maximum atomic E-state index is 14.3. The van der Waals surface area contributed by atoms with Crippen LogP contribution in [0.1, 0.15) is 309 Å². The summed E-state index contributed by atoms with van der Waals surface area (Å²) in [4.78, 5) is 103. The highest BCUT2D eigenvalue weighted by atomic mass is 16.4. The second-order valence-corrected chi connectivity index (χ2v) is 23.9. The van der Waals surface area contributed by atoms with Crippen LogP contribution in [0.2, 0.25) is 0 Å². The van der Waals surface area contributed by atoms with Crippen LogP contribution in [0.4, 0.5) is 0 Å². The summed E-state index contributed by atoms with van der Waals surface area (Å²) in [6.07, 6.45) is 31.2. The number of carboxylic acids is 4. The third-order valence-electron chi connectivity index (χ3n) is 18.3. The first-order chi connectivity index (χ1) is 37.3. The standard InChI is InChI=1S/C62H112N4O12/c1-3-49(53(65)69)39-33-37-45-61(57(75)76)48-62(58(77)78,46-38-34-40-50(4-2)54(66)70)60(56(73)74,44-36-30-26-22-18-14-10-6-8-12-16-20-24-28-32-42-52(64)68)47-59(61,55(71)72)43-35-29-25-21-17-13-9-5-7-11-15-19-23-27-31-41-51(63)67/h49-50H,3-48H2,1-2H3,(H2,63,67)(H2,64,68)(H2,65,69)(H2,66,70)(H,71,72)(H,73,74)(H,75,76)(H,77,78). The highest BCUT2D eigenvalue weighted by Gasteiger charge is 2.76. The summed E-state index contributed by atoms with van der Waals surface area (Å²) in [6, 6.07) is 0. The SMILES string of the molecule is CCC(CCCCC1(C(=O)O)CC(CCCCC(CC)C(N)=O)(C(=O)O)C(CCCCCCCCCCCCCCCCCC(N)=O)(C(=O)O)CC1(CCCCCCCCCCCCCCCCCC(N)=O)C(=O)O)C(N)=O. The maximum Gasteiger partial charge on any atom is 0.310 e. The van der Waals surface area contributed by atoms with Crippen molar-refractivity contribution in [1.29, 1.82) is 0 Å². The van der Waals surface area contributed by atoms with E-state index in [0.29, 0.717) is 77.0 Å². The molecule has 12 N–H and O–H groups in total. The van der Waals surface area contributed by atoms with E-state index in [4.69, 9.17) is 22.9 Å². The molecule has 0 aromatic heterocycles. The fraction of sp³-hybridized carbons (Fsp3) is 0.871. The lowest BCUT2D eigenvalue weighted by atomic mass is 9.38. The summed E-state index contributed by atoms with van der Waals surface area (Å²) in [7, 11) is 0. The molecule has 0 bridgehead atoms. The van der Waals surface area contributed by atoms with E-state index in [1.54, 1.807) is 0 Å². The number of rotatable bonds is 54. The van der Waals surface area contributed by atoms with Gasteiger partial charge < -0.3 is 43.4 Å². The minimum absolute atomic E-state index is 0.113. The van der Waals surface area contributed by atoms with Gasteiger partial charge >= 0.3 is 23.9 Å². The summed E-state index contributed by atoms with van der Waals surface area (Å²) >= 11 is 0. The van der Waals surface area contributed by atoms with Gasteiger partial charge in [-0.3, -0.25) is 38.4 Å². The molecular weight excluding hydrogens is 993 g/mol. The van der Waals surface area contributed by atoms with Crippen LogP contribution in [-0.4, -0.2) is 67.9 Å². The zero-order chi connectivity index (χ0) is 58.3. The predicted molar refractivity (Wildman–Crippen MR) is 308 cm³/mol.